The first-order valence-electron chi connectivity index (χ1n) is 6.09. The third kappa shape index (κ3) is 2.85. The third-order valence-electron chi connectivity index (χ3n) is 3.16. The Balaban J connectivity index is 2.41. The lowest BCUT2D eigenvalue weighted by molar-refractivity contribution is 0.410. The van der Waals surface area contributed by atoms with Gasteiger partial charge in [0.1, 0.15) is 11.5 Å². The van der Waals surface area contributed by atoms with Crippen molar-refractivity contribution in [3.05, 3.63) is 59.2 Å². The van der Waals surface area contributed by atoms with E-state index in [9.17, 15) is 0 Å². The van der Waals surface area contributed by atoms with Gasteiger partial charge in [-0.3, -0.25) is 0 Å². The van der Waals surface area contributed by atoms with Gasteiger partial charge >= 0.3 is 0 Å². The van der Waals surface area contributed by atoms with Crippen LogP contribution in [0.3, 0.4) is 0 Å². The summed E-state index contributed by atoms with van der Waals surface area (Å²) in [6.07, 6.45) is 0. The van der Waals surface area contributed by atoms with Gasteiger partial charge in [0, 0.05) is 5.56 Å². The molecule has 0 aliphatic carbocycles. The Hall–Kier alpha value is -1.67. The fraction of sp³-hybridized carbons (Fsp3) is 0.250. The second-order valence-corrected chi connectivity index (χ2v) is 4.76. The largest absolute Gasteiger partial charge is 0.497 e. The van der Waals surface area contributed by atoms with Crippen molar-refractivity contribution in [3.63, 3.8) is 0 Å². The molecule has 0 saturated heterocycles. The van der Waals surface area contributed by atoms with E-state index in [1.54, 1.807) is 14.2 Å². The summed E-state index contributed by atoms with van der Waals surface area (Å²) < 4.78 is 10.6. The molecule has 1 unspecified atom stereocenters. The lowest BCUT2D eigenvalue weighted by atomic mass is 9.99. The molecular formula is C16H17ClO2. The molecule has 3 heteroatoms. The SMILES string of the molecule is COc1ccc(C(Cl)c2ccccc2OC)c(C)c1. The molecule has 0 aromatic heterocycles. The maximum atomic E-state index is 6.60. The molecule has 0 amide bonds. The van der Waals surface area contributed by atoms with Crippen molar-refractivity contribution >= 4 is 11.6 Å². The summed E-state index contributed by atoms with van der Waals surface area (Å²) in [5, 5.41) is -0.234. The first-order chi connectivity index (χ1) is 9.17. The Labute approximate surface area is 118 Å². The summed E-state index contributed by atoms with van der Waals surface area (Å²) in [5.41, 5.74) is 3.14. The molecule has 0 aliphatic heterocycles. The third-order valence-corrected chi connectivity index (χ3v) is 3.63. The van der Waals surface area contributed by atoms with Gasteiger partial charge in [0.25, 0.3) is 0 Å². The van der Waals surface area contributed by atoms with Crippen molar-refractivity contribution in [1.82, 2.24) is 0 Å². The molecule has 1 atom stereocenters. The summed E-state index contributed by atoms with van der Waals surface area (Å²) in [6, 6.07) is 13.7. The van der Waals surface area contributed by atoms with Gasteiger partial charge in [-0.25, -0.2) is 0 Å². The van der Waals surface area contributed by atoms with Crippen molar-refractivity contribution < 1.29 is 9.47 Å². The summed E-state index contributed by atoms with van der Waals surface area (Å²) >= 11 is 6.60. The summed E-state index contributed by atoms with van der Waals surface area (Å²) in [7, 11) is 3.32. The molecule has 0 heterocycles. The van der Waals surface area contributed by atoms with Gasteiger partial charge in [-0.15, -0.1) is 11.6 Å². The lowest BCUT2D eigenvalue weighted by Crippen LogP contribution is -1.99. The van der Waals surface area contributed by atoms with Crippen molar-refractivity contribution in [3.8, 4) is 11.5 Å². The van der Waals surface area contributed by atoms with Gasteiger partial charge < -0.3 is 9.47 Å². The molecule has 100 valence electrons. The summed E-state index contributed by atoms with van der Waals surface area (Å²) in [6.45, 7) is 2.03. The molecule has 2 aromatic rings. The highest BCUT2D eigenvalue weighted by Crippen LogP contribution is 2.37. The lowest BCUT2D eigenvalue weighted by Gasteiger charge is -2.16. The molecular weight excluding hydrogens is 260 g/mol. The number of rotatable bonds is 4. The predicted octanol–water partition coefficient (Wildman–Crippen LogP) is 4.34. The molecule has 0 spiro atoms. The molecule has 2 rings (SSSR count). The first kappa shape index (κ1) is 13.8. The Bertz CT molecular complexity index is 566. The van der Waals surface area contributed by atoms with E-state index in [2.05, 4.69) is 0 Å². The number of hydrogen-bond donors (Lipinski definition) is 0. The summed E-state index contributed by atoms with van der Waals surface area (Å²) in [5.74, 6) is 1.64. The molecule has 2 aromatic carbocycles. The average molecular weight is 277 g/mol. The van der Waals surface area contributed by atoms with Crippen LogP contribution in [-0.2, 0) is 0 Å². The smallest absolute Gasteiger partial charge is 0.123 e. The highest BCUT2D eigenvalue weighted by molar-refractivity contribution is 6.23. The minimum Gasteiger partial charge on any atom is -0.497 e. The molecule has 0 N–H and O–H groups in total. The number of alkyl halides is 1. The van der Waals surface area contributed by atoms with Gasteiger partial charge in [-0.2, -0.15) is 0 Å². The number of hydrogen-bond acceptors (Lipinski definition) is 2. The number of benzene rings is 2. The van der Waals surface area contributed by atoms with Crippen molar-refractivity contribution in [1.29, 1.82) is 0 Å². The predicted molar refractivity (Wildman–Crippen MR) is 78.4 cm³/mol. The second kappa shape index (κ2) is 5.98. The molecule has 0 radical (unpaired) electrons. The van der Waals surface area contributed by atoms with E-state index in [-0.39, 0.29) is 5.38 Å². The molecule has 0 aliphatic rings. The maximum absolute atomic E-state index is 6.60. The minimum atomic E-state index is -0.234. The zero-order valence-corrected chi connectivity index (χ0v) is 12.1. The topological polar surface area (TPSA) is 18.5 Å². The minimum absolute atomic E-state index is 0.234. The zero-order valence-electron chi connectivity index (χ0n) is 11.3. The van der Waals surface area contributed by atoms with Gasteiger partial charge in [-0.05, 0) is 36.2 Å². The van der Waals surface area contributed by atoms with E-state index in [0.29, 0.717) is 0 Å². The van der Waals surface area contributed by atoms with E-state index in [1.807, 2.05) is 49.4 Å². The van der Waals surface area contributed by atoms with Crippen LogP contribution < -0.4 is 9.47 Å². The normalized spacial score (nSPS) is 12.0. The van der Waals surface area contributed by atoms with Crippen LogP contribution >= 0.6 is 11.6 Å². The quantitative estimate of drug-likeness (QED) is 0.774. The Morgan fingerprint density at radius 3 is 2.32 bits per heavy atom. The van der Waals surface area contributed by atoms with Gasteiger partial charge in [0.05, 0.1) is 19.6 Å². The second-order valence-electron chi connectivity index (χ2n) is 4.33. The Kier molecular flexibility index (Phi) is 4.33. The molecule has 0 bridgehead atoms. The Morgan fingerprint density at radius 1 is 0.947 bits per heavy atom. The number of aryl methyl sites for hydroxylation is 1. The number of para-hydroxylation sites is 1. The van der Waals surface area contributed by atoms with E-state index in [0.717, 1.165) is 28.2 Å². The van der Waals surface area contributed by atoms with E-state index in [1.165, 1.54) is 0 Å². The molecule has 2 nitrogen and oxygen atoms in total. The standard InChI is InChI=1S/C16H17ClO2/c1-11-10-12(18-2)8-9-13(11)16(17)14-6-4-5-7-15(14)19-3/h4-10,16H,1-3H3. The van der Waals surface area contributed by atoms with Crippen LogP contribution in [0.2, 0.25) is 0 Å². The van der Waals surface area contributed by atoms with Crippen LogP contribution in [0.4, 0.5) is 0 Å². The number of methoxy groups -OCH3 is 2. The average Bonchev–Trinajstić information content (AvgIpc) is 2.46. The van der Waals surface area contributed by atoms with E-state index in [4.69, 9.17) is 21.1 Å². The van der Waals surface area contributed by atoms with Crippen LogP contribution in [-0.4, -0.2) is 14.2 Å². The molecule has 19 heavy (non-hydrogen) atoms. The van der Waals surface area contributed by atoms with Gasteiger partial charge in [0.15, 0.2) is 0 Å². The van der Waals surface area contributed by atoms with Crippen LogP contribution in [0.15, 0.2) is 42.5 Å². The van der Waals surface area contributed by atoms with Crippen molar-refractivity contribution in [2.45, 2.75) is 12.3 Å². The molecule has 0 saturated carbocycles. The fourth-order valence-corrected chi connectivity index (χ4v) is 2.53. The van der Waals surface area contributed by atoms with Crippen LogP contribution in [0.25, 0.3) is 0 Å². The monoisotopic (exact) mass is 276 g/mol. The highest BCUT2D eigenvalue weighted by atomic mass is 35.5. The summed E-state index contributed by atoms with van der Waals surface area (Å²) in [4.78, 5) is 0. The zero-order chi connectivity index (χ0) is 13.8. The van der Waals surface area contributed by atoms with E-state index < -0.39 is 0 Å². The fourth-order valence-electron chi connectivity index (χ4n) is 2.10. The first-order valence-corrected chi connectivity index (χ1v) is 6.52. The van der Waals surface area contributed by atoms with Gasteiger partial charge in [0.2, 0.25) is 0 Å². The van der Waals surface area contributed by atoms with Crippen molar-refractivity contribution in [2.24, 2.45) is 0 Å². The maximum Gasteiger partial charge on any atom is 0.123 e. The van der Waals surface area contributed by atoms with Gasteiger partial charge in [-0.1, -0.05) is 24.3 Å². The number of halogens is 1. The van der Waals surface area contributed by atoms with Crippen LogP contribution in [0, 0.1) is 6.92 Å². The molecule has 0 fully saturated rings. The Morgan fingerprint density at radius 2 is 1.68 bits per heavy atom. The van der Waals surface area contributed by atoms with Crippen LogP contribution in [0.1, 0.15) is 22.1 Å². The highest BCUT2D eigenvalue weighted by Gasteiger charge is 2.17. The van der Waals surface area contributed by atoms with E-state index >= 15 is 0 Å². The number of ether oxygens (including phenoxy) is 2. The van der Waals surface area contributed by atoms with Crippen molar-refractivity contribution in [2.75, 3.05) is 14.2 Å². The van der Waals surface area contributed by atoms with Crippen LogP contribution in [0.5, 0.6) is 11.5 Å².